The first-order valence-electron chi connectivity index (χ1n) is 4.21. The molecule has 0 saturated heterocycles. The summed E-state index contributed by atoms with van der Waals surface area (Å²) in [5.74, 6) is -1.05. The second kappa shape index (κ2) is 5.59. The molecular weight excluding hydrogens is 196 g/mol. The number of carbonyl (C=O) groups is 1. The summed E-state index contributed by atoms with van der Waals surface area (Å²) in [6, 6.07) is 6.80. The number of hydrogen-bond donors (Lipinski definition) is 1. The van der Waals surface area contributed by atoms with Gasteiger partial charge < -0.3 is 9.84 Å². The van der Waals surface area contributed by atoms with Crippen LogP contribution in [-0.4, -0.2) is 24.0 Å². The summed E-state index contributed by atoms with van der Waals surface area (Å²) in [4.78, 5) is 20.6. The molecule has 4 nitrogen and oxygen atoms in total. The van der Waals surface area contributed by atoms with Gasteiger partial charge in [-0.2, -0.15) is 0 Å². The summed E-state index contributed by atoms with van der Waals surface area (Å²) in [5, 5.41) is 8.29. The maximum absolute atomic E-state index is 10.5. The van der Waals surface area contributed by atoms with Crippen LogP contribution in [-0.2, 0) is 14.3 Å². The molecule has 1 aromatic rings. The fraction of sp³-hybridized carbons (Fsp3) is 0.0909. The largest absolute Gasteiger partial charge is 0.489 e. The zero-order valence-electron chi connectivity index (χ0n) is 7.84. The van der Waals surface area contributed by atoms with Crippen LogP contribution in [0.2, 0.25) is 0 Å². The lowest BCUT2D eigenvalue weighted by Gasteiger charge is -1.97. The summed E-state index contributed by atoms with van der Waals surface area (Å²) in [5.41, 5.74) is 1.05. The number of aliphatic carboxylic acids is 1. The number of benzene rings is 1. The molecule has 0 fully saturated rings. The minimum atomic E-state index is -1.05. The fourth-order valence-electron chi connectivity index (χ4n) is 0.976. The molecule has 0 aliphatic carbocycles. The van der Waals surface area contributed by atoms with Crippen LogP contribution in [0.4, 0.5) is 0 Å². The van der Waals surface area contributed by atoms with E-state index in [-0.39, 0.29) is 0 Å². The predicted octanol–water partition coefficient (Wildman–Crippen LogP) is 1.22. The van der Waals surface area contributed by atoms with Gasteiger partial charge in [0.1, 0.15) is 0 Å². The van der Waals surface area contributed by atoms with E-state index in [1.807, 2.05) is 0 Å². The van der Waals surface area contributed by atoms with Gasteiger partial charge in [0.15, 0.2) is 6.61 Å². The van der Waals surface area contributed by atoms with Gasteiger partial charge in [-0.25, -0.2) is 4.79 Å². The summed E-state index contributed by atoms with van der Waals surface area (Å²) in [7, 11) is 0. The highest BCUT2D eigenvalue weighted by molar-refractivity contribution is 5.81. The molecular formula is C11H9O4. The molecule has 1 radical (unpaired) electrons. The number of hydrogen-bond acceptors (Lipinski definition) is 3. The average Bonchev–Trinajstić information content (AvgIpc) is 2.24. The second-order valence-electron chi connectivity index (χ2n) is 2.70. The highest BCUT2D eigenvalue weighted by Crippen LogP contribution is 2.07. The summed E-state index contributed by atoms with van der Waals surface area (Å²) >= 11 is 0. The number of carboxylic acids is 1. The molecule has 0 aliphatic heterocycles. The van der Waals surface area contributed by atoms with Crippen molar-refractivity contribution < 1.29 is 19.4 Å². The minimum Gasteiger partial charge on any atom is -0.489 e. The van der Waals surface area contributed by atoms with Crippen molar-refractivity contribution in [2.75, 3.05) is 6.61 Å². The second-order valence-corrected chi connectivity index (χ2v) is 2.70. The zero-order chi connectivity index (χ0) is 11.1. The van der Waals surface area contributed by atoms with Crippen LogP contribution in [0, 0.1) is 0 Å². The monoisotopic (exact) mass is 205 g/mol. The van der Waals surface area contributed by atoms with Crippen molar-refractivity contribution in [3.63, 3.8) is 0 Å². The van der Waals surface area contributed by atoms with Gasteiger partial charge in [0.05, 0.1) is 6.26 Å². The molecule has 0 saturated carbocycles. The molecule has 0 bridgehead atoms. The summed E-state index contributed by atoms with van der Waals surface area (Å²) < 4.78 is 4.69. The van der Waals surface area contributed by atoms with E-state index < -0.39 is 12.6 Å². The third-order valence-corrected chi connectivity index (χ3v) is 1.62. The Morgan fingerprint density at radius 2 is 2.20 bits per heavy atom. The van der Waals surface area contributed by atoms with E-state index in [0.29, 0.717) is 11.1 Å². The first-order chi connectivity index (χ1) is 7.24. The Morgan fingerprint density at radius 1 is 1.47 bits per heavy atom. The van der Waals surface area contributed by atoms with Gasteiger partial charge in [-0.15, -0.1) is 0 Å². The Kier molecular flexibility index (Phi) is 4.09. The first-order valence-corrected chi connectivity index (χ1v) is 4.21. The Labute approximate surface area is 86.8 Å². The van der Waals surface area contributed by atoms with Crippen LogP contribution in [0.3, 0.4) is 0 Å². The molecule has 0 aliphatic rings. The Morgan fingerprint density at radius 3 is 2.87 bits per heavy atom. The maximum Gasteiger partial charge on any atom is 0.341 e. The van der Waals surface area contributed by atoms with Gasteiger partial charge in [0.2, 0.25) is 6.29 Å². The molecule has 0 atom stereocenters. The molecule has 15 heavy (non-hydrogen) atoms. The average molecular weight is 205 g/mol. The van der Waals surface area contributed by atoms with Crippen LogP contribution >= 0.6 is 0 Å². The van der Waals surface area contributed by atoms with Crippen molar-refractivity contribution >= 4 is 18.3 Å². The van der Waals surface area contributed by atoms with E-state index in [1.54, 1.807) is 30.6 Å². The van der Waals surface area contributed by atoms with Crippen LogP contribution in [0.15, 0.2) is 30.5 Å². The minimum absolute atomic E-state index is 0.399. The molecule has 1 aromatic carbocycles. The van der Waals surface area contributed by atoms with Gasteiger partial charge in [-0.1, -0.05) is 24.3 Å². The molecule has 0 aromatic heterocycles. The first kappa shape index (κ1) is 11.0. The van der Waals surface area contributed by atoms with Crippen molar-refractivity contribution in [3.05, 3.63) is 41.7 Å². The van der Waals surface area contributed by atoms with Crippen molar-refractivity contribution in [1.82, 2.24) is 0 Å². The van der Waals surface area contributed by atoms with Gasteiger partial charge in [-0.3, -0.25) is 4.79 Å². The maximum atomic E-state index is 10.5. The third kappa shape index (κ3) is 3.64. The van der Waals surface area contributed by atoms with E-state index >= 15 is 0 Å². The van der Waals surface area contributed by atoms with Crippen LogP contribution in [0.25, 0.3) is 6.08 Å². The lowest BCUT2D eigenvalue weighted by molar-refractivity contribution is -0.140. The molecule has 1 rings (SSSR count). The third-order valence-electron chi connectivity index (χ3n) is 1.62. The Balaban J connectivity index is 2.63. The van der Waals surface area contributed by atoms with Gasteiger partial charge >= 0.3 is 5.97 Å². The molecule has 0 unspecified atom stereocenters. The topological polar surface area (TPSA) is 63.6 Å². The fourth-order valence-corrected chi connectivity index (χ4v) is 0.976. The van der Waals surface area contributed by atoms with E-state index in [9.17, 15) is 9.59 Å². The smallest absolute Gasteiger partial charge is 0.341 e. The number of rotatable bonds is 5. The van der Waals surface area contributed by atoms with E-state index in [2.05, 4.69) is 4.74 Å². The highest BCUT2D eigenvalue weighted by Gasteiger charge is 1.97. The quantitative estimate of drug-likeness (QED) is 0.734. The van der Waals surface area contributed by atoms with E-state index in [4.69, 9.17) is 5.11 Å². The summed E-state index contributed by atoms with van der Waals surface area (Å²) in [6.45, 7) is -0.399. The van der Waals surface area contributed by atoms with Gasteiger partial charge in [-0.05, 0) is 11.6 Å². The number of carboxylic acid groups (broad SMARTS) is 1. The van der Waals surface area contributed by atoms with Gasteiger partial charge in [0, 0.05) is 5.56 Å². The Hall–Kier alpha value is -2.10. The number of ether oxygens (including phenoxy) is 1. The molecule has 0 spiro atoms. The SMILES string of the molecule is O=[C]c1ccccc1C=COCC(=O)O. The molecule has 0 amide bonds. The number of carbonyl (C=O) groups excluding carboxylic acids is 1. The van der Waals surface area contributed by atoms with Crippen molar-refractivity contribution in [1.29, 1.82) is 0 Å². The standard InChI is InChI=1S/C11H9O4/c12-7-10-4-2-1-3-9(10)5-6-15-8-11(13)14/h1-6H,8H2,(H,13,14). The lowest BCUT2D eigenvalue weighted by Crippen LogP contribution is -2.02. The highest BCUT2D eigenvalue weighted by atomic mass is 16.5. The Bertz CT molecular complexity index is 382. The normalized spacial score (nSPS) is 10.1. The predicted molar refractivity (Wildman–Crippen MR) is 53.9 cm³/mol. The van der Waals surface area contributed by atoms with Crippen molar-refractivity contribution in [3.8, 4) is 0 Å². The molecule has 1 N–H and O–H groups in total. The summed E-state index contributed by atoms with van der Waals surface area (Å²) in [6.07, 6.45) is 4.53. The zero-order valence-corrected chi connectivity index (χ0v) is 7.84. The van der Waals surface area contributed by atoms with Crippen molar-refractivity contribution in [2.45, 2.75) is 0 Å². The van der Waals surface area contributed by atoms with E-state index in [1.165, 1.54) is 12.3 Å². The van der Waals surface area contributed by atoms with Crippen LogP contribution < -0.4 is 0 Å². The van der Waals surface area contributed by atoms with Crippen molar-refractivity contribution in [2.24, 2.45) is 0 Å². The van der Waals surface area contributed by atoms with Crippen LogP contribution in [0.1, 0.15) is 11.1 Å². The lowest BCUT2D eigenvalue weighted by atomic mass is 10.1. The molecule has 4 heteroatoms. The molecule has 77 valence electrons. The molecule has 0 heterocycles. The van der Waals surface area contributed by atoms with E-state index in [0.717, 1.165) is 0 Å². The van der Waals surface area contributed by atoms with Crippen LogP contribution in [0.5, 0.6) is 0 Å². The van der Waals surface area contributed by atoms with Gasteiger partial charge in [0.25, 0.3) is 0 Å².